The molecular formula is C13H16F3N. The first-order valence-corrected chi connectivity index (χ1v) is 5.87. The van der Waals surface area contributed by atoms with Gasteiger partial charge >= 0.3 is 6.18 Å². The fraction of sp³-hybridized carbons (Fsp3) is 0.538. The van der Waals surface area contributed by atoms with Crippen molar-refractivity contribution in [2.45, 2.75) is 32.4 Å². The van der Waals surface area contributed by atoms with Gasteiger partial charge in [-0.15, -0.1) is 0 Å². The fourth-order valence-corrected chi connectivity index (χ4v) is 2.00. The standard InChI is InChI=1S/C13H16F3N/c1-2-12(7-8-12)9-17-11-6-4-3-5-10(11)13(14,15)16/h3-6,17H,2,7-9H2,1H3. The summed E-state index contributed by atoms with van der Waals surface area (Å²) in [5.41, 5.74) is -0.148. The maximum atomic E-state index is 12.7. The van der Waals surface area contributed by atoms with Crippen LogP contribution in [0.2, 0.25) is 0 Å². The Morgan fingerprint density at radius 2 is 1.88 bits per heavy atom. The average molecular weight is 243 g/mol. The van der Waals surface area contributed by atoms with Gasteiger partial charge in [0.25, 0.3) is 0 Å². The first-order chi connectivity index (χ1) is 7.97. The minimum Gasteiger partial charge on any atom is -0.384 e. The van der Waals surface area contributed by atoms with Crippen LogP contribution in [0, 0.1) is 5.41 Å². The molecule has 0 spiro atoms. The average Bonchev–Trinajstić information content (AvgIpc) is 3.06. The SMILES string of the molecule is CCC1(CNc2ccccc2C(F)(F)F)CC1. The molecule has 0 bridgehead atoms. The van der Waals surface area contributed by atoms with Crippen molar-refractivity contribution >= 4 is 5.69 Å². The van der Waals surface area contributed by atoms with Gasteiger partial charge in [0, 0.05) is 12.2 Å². The summed E-state index contributed by atoms with van der Waals surface area (Å²) in [5.74, 6) is 0. The maximum absolute atomic E-state index is 12.7. The lowest BCUT2D eigenvalue weighted by atomic mass is 10.0. The Hall–Kier alpha value is -1.19. The number of benzene rings is 1. The molecule has 1 fully saturated rings. The van der Waals surface area contributed by atoms with Crippen LogP contribution in [0.25, 0.3) is 0 Å². The first kappa shape index (κ1) is 12.3. The van der Waals surface area contributed by atoms with Gasteiger partial charge < -0.3 is 5.32 Å². The molecule has 0 unspecified atom stereocenters. The summed E-state index contributed by atoms with van der Waals surface area (Å²) >= 11 is 0. The minimum atomic E-state index is -4.29. The molecule has 0 atom stereocenters. The largest absolute Gasteiger partial charge is 0.418 e. The van der Waals surface area contributed by atoms with Gasteiger partial charge in [-0.05, 0) is 36.8 Å². The molecule has 1 N–H and O–H groups in total. The van der Waals surface area contributed by atoms with Crippen LogP contribution in [-0.2, 0) is 6.18 Å². The Kier molecular flexibility index (Phi) is 3.06. The van der Waals surface area contributed by atoms with E-state index in [4.69, 9.17) is 0 Å². The highest BCUT2D eigenvalue weighted by Gasteiger charge is 2.41. The van der Waals surface area contributed by atoms with Crippen molar-refractivity contribution in [3.8, 4) is 0 Å². The van der Waals surface area contributed by atoms with Gasteiger partial charge in [0.2, 0.25) is 0 Å². The summed E-state index contributed by atoms with van der Waals surface area (Å²) in [7, 11) is 0. The van der Waals surface area contributed by atoms with Gasteiger partial charge in [0.1, 0.15) is 0 Å². The monoisotopic (exact) mass is 243 g/mol. The van der Waals surface area contributed by atoms with E-state index in [-0.39, 0.29) is 11.1 Å². The van der Waals surface area contributed by atoms with E-state index in [1.54, 1.807) is 6.07 Å². The second kappa shape index (κ2) is 4.24. The molecule has 0 aromatic heterocycles. The van der Waals surface area contributed by atoms with Gasteiger partial charge in [0.05, 0.1) is 5.56 Å². The zero-order chi connectivity index (χ0) is 12.5. The van der Waals surface area contributed by atoms with E-state index in [9.17, 15) is 13.2 Å². The van der Waals surface area contributed by atoms with Gasteiger partial charge in [0.15, 0.2) is 0 Å². The fourth-order valence-electron chi connectivity index (χ4n) is 2.00. The van der Waals surface area contributed by atoms with Gasteiger partial charge in [-0.3, -0.25) is 0 Å². The predicted octanol–water partition coefficient (Wildman–Crippen LogP) is 4.31. The van der Waals surface area contributed by atoms with Crippen molar-refractivity contribution in [1.29, 1.82) is 0 Å². The topological polar surface area (TPSA) is 12.0 Å². The van der Waals surface area contributed by atoms with Crippen LogP contribution in [0.15, 0.2) is 24.3 Å². The van der Waals surface area contributed by atoms with Gasteiger partial charge in [-0.2, -0.15) is 13.2 Å². The van der Waals surface area contributed by atoms with Crippen LogP contribution < -0.4 is 5.32 Å². The van der Waals surface area contributed by atoms with Crippen molar-refractivity contribution in [2.75, 3.05) is 11.9 Å². The lowest BCUT2D eigenvalue weighted by Crippen LogP contribution is -2.17. The van der Waals surface area contributed by atoms with Crippen LogP contribution in [0.3, 0.4) is 0 Å². The number of hydrogen-bond donors (Lipinski definition) is 1. The molecule has 1 aromatic carbocycles. The third-order valence-corrected chi connectivity index (χ3v) is 3.59. The van der Waals surface area contributed by atoms with E-state index in [2.05, 4.69) is 12.2 Å². The Morgan fingerprint density at radius 1 is 1.24 bits per heavy atom. The van der Waals surface area contributed by atoms with E-state index in [0.29, 0.717) is 6.54 Å². The Labute approximate surface area is 99.0 Å². The van der Waals surface area contributed by atoms with Crippen LogP contribution in [0.5, 0.6) is 0 Å². The first-order valence-electron chi connectivity index (χ1n) is 5.87. The lowest BCUT2D eigenvalue weighted by Gasteiger charge is -2.18. The molecule has 4 heteroatoms. The van der Waals surface area contributed by atoms with E-state index >= 15 is 0 Å². The molecule has 1 aliphatic carbocycles. The quantitative estimate of drug-likeness (QED) is 0.831. The summed E-state index contributed by atoms with van der Waals surface area (Å²) in [4.78, 5) is 0. The number of halogens is 3. The Morgan fingerprint density at radius 3 is 2.41 bits per heavy atom. The summed E-state index contributed by atoms with van der Waals surface area (Å²) in [6.45, 7) is 2.72. The third kappa shape index (κ3) is 2.73. The van der Waals surface area contributed by atoms with E-state index in [0.717, 1.165) is 25.3 Å². The normalized spacial score (nSPS) is 17.9. The Balaban J connectivity index is 2.10. The summed E-state index contributed by atoms with van der Waals surface area (Å²) in [6, 6.07) is 5.66. The number of alkyl halides is 3. The molecule has 2 rings (SSSR count). The zero-order valence-corrected chi connectivity index (χ0v) is 9.77. The molecule has 1 aromatic rings. The van der Waals surface area contributed by atoms with Crippen LogP contribution in [0.1, 0.15) is 31.7 Å². The summed E-state index contributed by atoms with van der Waals surface area (Å²) < 4.78 is 38.2. The second-order valence-corrected chi connectivity index (χ2v) is 4.75. The highest BCUT2D eigenvalue weighted by atomic mass is 19.4. The third-order valence-electron chi connectivity index (χ3n) is 3.59. The summed E-state index contributed by atoms with van der Waals surface area (Å²) in [6.07, 6.45) is -1.03. The molecule has 0 heterocycles. The minimum absolute atomic E-state index is 0.194. The number of para-hydroxylation sites is 1. The lowest BCUT2D eigenvalue weighted by molar-refractivity contribution is -0.137. The number of nitrogens with one attached hydrogen (secondary N) is 1. The molecule has 1 nitrogen and oxygen atoms in total. The van der Waals surface area contributed by atoms with Crippen LogP contribution in [0.4, 0.5) is 18.9 Å². The van der Waals surface area contributed by atoms with Crippen LogP contribution >= 0.6 is 0 Å². The highest BCUT2D eigenvalue weighted by molar-refractivity contribution is 5.52. The molecule has 0 amide bonds. The van der Waals surface area contributed by atoms with E-state index in [1.807, 2.05) is 0 Å². The molecule has 94 valence electrons. The second-order valence-electron chi connectivity index (χ2n) is 4.75. The summed E-state index contributed by atoms with van der Waals surface area (Å²) in [5, 5.41) is 2.95. The molecular weight excluding hydrogens is 227 g/mol. The maximum Gasteiger partial charge on any atom is 0.418 e. The number of rotatable bonds is 4. The number of anilines is 1. The molecule has 0 radical (unpaired) electrons. The number of hydrogen-bond acceptors (Lipinski definition) is 1. The molecule has 0 aliphatic heterocycles. The van der Waals surface area contributed by atoms with E-state index in [1.165, 1.54) is 12.1 Å². The van der Waals surface area contributed by atoms with E-state index < -0.39 is 11.7 Å². The molecule has 1 aliphatic rings. The van der Waals surface area contributed by atoms with Gasteiger partial charge in [-0.25, -0.2) is 0 Å². The zero-order valence-electron chi connectivity index (χ0n) is 9.77. The van der Waals surface area contributed by atoms with Crippen molar-refractivity contribution in [3.63, 3.8) is 0 Å². The molecule has 1 saturated carbocycles. The predicted molar refractivity (Wildman–Crippen MR) is 61.9 cm³/mol. The van der Waals surface area contributed by atoms with Gasteiger partial charge in [-0.1, -0.05) is 19.1 Å². The van der Waals surface area contributed by atoms with Crippen molar-refractivity contribution < 1.29 is 13.2 Å². The highest BCUT2D eigenvalue weighted by Crippen LogP contribution is 2.48. The van der Waals surface area contributed by atoms with Crippen LogP contribution in [-0.4, -0.2) is 6.54 Å². The van der Waals surface area contributed by atoms with Crippen molar-refractivity contribution in [1.82, 2.24) is 0 Å². The van der Waals surface area contributed by atoms with Crippen molar-refractivity contribution in [2.24, 2.45) is 5.41 Å². The Bertz CT molecular complexity index is 394. The smallest absolute Gasteiger partial charge is 0.384 e. The molecule has 0 saturated heterocycles. The van der Waals surface area contributed by atoms with Crippen molar-refractivity contribution in [3.05, 3.63) is 29.8 Å². The molecule has 17 heavy (non-hydrogen) atoms.